The highest BCUT2D eigenvalue weighted by molar-refractivity contribution is 5.78. The van der Waals surface area contributed by atoms with E-state index in [0.29, 0.717) is 35.6 Å². The zero-order chi connectivity index (χ0) is 23.2. The Balaban J connectivity index is 1.39. The fourth-order valence-electron chi connectivity index (χ4n) is 7.36. The number of amides is 1. The quantitative estimate of drug-likeness (QED) is 0.587. The van der Waals surface area contributed by atoms with Crippen molar-refractivity contribution in [2.75, 3.05) is 47.4 Å². The molecular weight excluding hydrogens is 414 g/mol. The number of ether oxygens (including phenoxy) is 1. The highest BCUT2D eigenvalue weighted by Crippen LogP contribution is 2.44. The minimum absolute atomic E-state index is 0.138. The summed E-state index contributed by atoms with van der Waals surface area (Å²) in [5, 5.41) is 5.55. The SMILES string of the molecule is COC1C(CN2CCCO2)CCCC1C1CC(C(=O)NCC2CCCCC2)CC(N(C)C)C1. The molecule has 6 heteroatoms. The average Bonchev–Trinajstić information content (AvgIpc) is 3.36. The summed E-state index contributed by atoms with van der Waals surface area (Å²) in [6.45, 7) is 3.78. The van der Waals surface area contributed by atoms with E-state index in [0.717, 1.165) is 45.5 Å². The minimum Gasteiger partial charge on any atom is -0.381 e. The summed E-state index contributed by atoms with van der Waals surface area (Å²) in [5.41, 5.74) is 0. The lowest BCUT2D eigenvalue weighted by atomic mass is 9.65. The number of carbonyl (C=O) groups excluding carboxylic acids is 1. The molecule has 0 spiro atoms. The van der Waals surface area contributed by atoms with Gasteiger partial charge in [0, 0.05) is 44.6 Å². The molecule has 4 rings (SSSR count). The Bertz CT molecular complexity index is 603. The van der Waals surface area contributed by atoms with Crippen LogP contribution >= 0.6 is 0 Å². The number of rotatable bonds is 8. The zero-order valence-corrected chi connectivity index (χ0v) is 21.5. The molecule has 190 valence electrons. The lowest BCUT2D eigenvalue weighted by Gasteiger charge is -2.46. The van der Waals surface area contributed by atoms with Crippen molar-refractivity contribution in [1.29, 1.82) is 0 Å². The van der Waals surface area contributed by atoms with Crippen LogP contribution in [0.1, 0.15) is 77.0 Å². The van der Waals surface area contributed by atoms with Crippen LogP contribution in [0.25, 0.3) is 0 Å². The molecule has 6 unspecified atom stereocenters. The third kappa shape index (κ3) is 6.71. The summed E-state index contributed by atoms with van der Waals surface area (Å²) in [6.07, 6.45) is 15.0. The Kier molecular flexibility index (Phi) is 9.49. The summed E-state index contributed by atoms with van der Waals surface area (Å²) >= 11 is 0. The largest absolute Gasteiger partial charge is 0.381 e. The molecule has 6 nitrogen and oxygen atoms in total. The summed E-state index contributed by atoms with van der Waals surface area (Å²) in [5.74, 6) is 2.78. The van der Waals surface area contributed by atoms with Crippen LogP contribution in [0.15, 0.2) is 0 Å². The zero-order valence-electron chi connectivity index (χ0n) is 21.5. The van der Waals surface area contributed by atoms with Crippen LogP contribution in [-0.2, 0) is 14.4 Å². The van der Waals surface area contributed by atoms with Crippen LogP contribution in [-0.4, -0.2) is 75.5 Å². The molecule has 0 bridgehead atoms. The maximum atomic E-state index is 13.3. The number of carbonyl (C=O) groups is 1. The van der Waals surface area contributed by atoms with Crippen molar-refractivity contribution >= 4 is 5.91 Å². The van der Waals surface area contributed by atoms with Crippen molar-refractivity contribution in [3.05, 3.63) is 0 Å². The van der Waals surface area contributed by atoms with Gasteiger partial charge in [-0.25, -0.2) is 0 Å². The van der Waals surface area contributed by atoms with Gasteiger partial charge in [0.15, 0.2) is 0 Å². The molecule has 0 aromatic carbocycles. The summed E-state index contributed by atoms with van der Waals surface area (Å²) in [7, 11) is 6.28. The summed E-state index contributed by atoms with van der Waals surface area (Å²) in [6, 6.07) is 0.481. The molecule has 6 atom stereocenters. The van der Waals surface area contributed by atoms with E-state index >= 15 is 0 Å². The average molecular weight is 464 g/mol. The van der Waals surface area contributed by atoms with Crippen molar-refractivity contribution in [3.63, 3.8) is 0 Å². The first-order chi connectivity index (χ1) is 16.0. The Morgan fingerprint density at radius 3 is 2.55 bits per heavy atom. The van der Waals surface area contributed by atoms with Crippen LogP contribution in [0.2, 0.25) is 0 Å². The molecule has 0 radical (unpaired) electrons. The lowest BCUT2D eigenvalue weighted by Crippen LogP contribution is -2.49. The molecule has 1 saturated heterocycles. The van der Waals surface area contributed by atoms with Gasteiger partial charge in [-0.2, -0.15) is 5.06 Å². The second-order valence-corrected chi connectivity index (χ2v) is 11.7. The van der Waals surface area contributed by atoms with Crippen LogP contribution in [0.4, 0.5) is 0 Å². The number of methoxy groups -OCH3 is 1. The summed E-state index contributed by atoms with van der Waals surface area (Å²) < 4.78 is 6.20. The Morgan fingerprint density at radius 1 is 1.03 bits per heavy atom. The first-order valence-corrected chi connectivity index (χ1v) is 13.9. The predicted octanol–water partition coefficient (Wildman–Crippen LogP) is 4.10. The molecule has 4 aliphatic rings. The fourth-order valence-corrected chi connectivity index (χ4v) is 7.36. The fraction of sp³-hybridized carbons (Fsp3) is 0.963. The second kappa shape index (κ2) is 12.3. The van der Waals surface area contributed by atoms with E-state index in [9.17, 15) is 4.79 Å². The minimum atomic E-state index is 0.138. The molecule has 4 fully saturated rings. The standard InChI is InChI=1S/C27H49N3O3/c1-29(2)24-16-22(15-23(17-24)27(31)28-18-20-9-5-4-6-10-20)25-12-7-11-21(26(25)32-3)19-30-13-8-14-33-30/h20-26H,4-19H2,1-3H3,(H,28,31). The third-order valence-corrected chi connectivity index (χ3v) is 9.25. The van der Waals surface area contributed by atoms with E-state index in [1.165, 1.54) is 57.8 Å². The van der Waals surface area contributed by atoms with Crippen molar-refractivity contribution < 1.29 is 14.4 Å². The van der Waals surface area contributed by atoms with Crippen molar-refractivity contribution in [2.24, 2.45) is 29.6 Å². The smallest absolute Gasteiger partial charge is 0.223 e. The molecule has 0 aromatic heterocycles. The normalized spacial score (nSPS) is 36.8. The van der Waals surface area contributed by atoms with Crippen LogP contribution < -0.4 is 5.32 Å². The highest BCUT2D eigenvalue weighted by atomic mass is 16.7. The number of hydroxylamine groups is 2. The Labute approximate surface area is 202 Å². The van der Waals surface area contributed by atoms with Crippen LogP contribution in [0.5, 0.6) is 0 Å². The highest BCUT2D eigenvalue weighted by Gasteiger charge is 2.44. The number of hydrogen-bond donors (Lipinski definition) is 1. The van der Waals surface area contributed by atoms with Gasteiger partial charge in [-0.3, -0.25) is 9.63 Å². The van der Waals surface area contributed by atoms with Gasteiger partial charge in [0.05, 0.1) is 12.7 Å². The summed E-state index contributed by atoms with van der Waals surface area (Å²) in [4.78, 5) is 21.5. The van der Waals surface area contributed by atoms with Gasteiger partial charge < -0.3 is 15.0 Å². The van der Waals surface area contributed by atoms with Gasteiger partial charge in [0.1, 0.15) is 0 Å². The lowest BCUT2D eigenvalue weighted by molar-refractivity contribution is -0.145. The molecule has 1 heterocycles. The first-order valence-electron chi connectivity index (χ1n) is 13.9. The number of nitrogens with one attached hydrogen (secondary N) is 1. The van der Waals surface area contributed by atoms with Gasteiger partial charge in [0.25, 0.3) is 0 Å². The van der Waals surface area contributed by atoms with Crippen molar-refractivity contribution in [3.8, 4) is 0 Å². The van der Waals surface area contributed by atoms with Gasteiger partial charge in [-0.15, -0.1) is 0 Å². The van der Waals surface area contributed by atoms with E-state index in [4.69, 9.17) is 9.57 Å². The van der Waals surface area contributed by atoms with Gasteiger partial charge in [-0.05, 0) is 83.2 Å². The molecule has 3 saturated carbocycles. The van der Waals surface area contributed by atoms with Gasteiger partial charge in [0.2, 0.25) is 5.91 Å². The van der Waals surface area contributed by atoms with Crippen molar-refractivity contribution in [2.45, 2.75) is 89.2 Å². The number of hydrogen-bond acceptors (Lipinski definition) is 5. The van der Waals surface area contributed by atoms with E-state index in [-0.39, 0.29) is 12.0 Å². The van der Waals surface area contributed by atoms with Crippen molar-refractivity contribution in [1.82, 2.24) is 15.3 Å². The molecule has 1 amide bonds. The second-order valence-electron chi connectivity index (χ2n) is 11.7. The topological polar surface area (TPSA) is 54.0 Å². The number of nitrogens with zero attached hydrogens (tertiary/aromatic N) is 2. The van der Waals surface area contributed by atoms with Crippen LogP contribution in [0, 0.1) is 29.6 Å². The molecule has 1 aliphatic heterocycles. The Hall–Kier alpha value is -0.690. The molecule has 0 aromatic rings. The first kappa shape index (κ1) is 25.4. The maximum absolute atomic E-state index is 13.3. The molecule has 3 aliphatic carbocycles. The van der Waals surface area contributed by atoms with E-state index in [1.807, 2.05) is 7.11 Å². The molecule has 1 N–H and O–H groups in total. The van der Waals surface area contributed by atoms with E-state index in [2.05, 4.69) is 29.4 Å². The molecular formula is C27H49N3O3. The monoisotopic (exact) mass is 463 g/mol. The van der Waals surface area contributed by atoms with Crippen LogP contribution in [0.3, 0.4) is 0 Å². The van der Waals surface area contributed by atoms with Gasteiger partial charge >= 0.3 is 0 Å². The Morgan fingerprint density at radius 2 is 1.85 bits per heavy atom. The van der Waals surface area contributed by atoms with Gasteiger partial charge in [-0.1, -0.05) is 25.7 Å². The van der Waals surface area contributed by atoms with E-state index < -0.39 is 0 Å². The van der Waals surface area contributed by atoms with E-state index in [1.54, 1.807) is 0 Å². The molecule has 33 heavy (non-hydrogen) atoms. The maximum Gasteiger partial charge on any atom is 0.223 e. The predicted molar refractivity (Wildman–Crippen MR) is 132 cm³/mol. The third-order valence-electron chi connectivity index (χ3n) is 9.25.